The Morgan fingerprint density at radius 1 is 1.15 bits per heavy atom. The molecule has 0 atom stereocenters. The summed E-state index contributed by atoms with van der Waals surface area (Å²) in [5.74, 6) is -4.19. The Kier molecular flexibility index (Phi) is 4.83. The van der Waals surface area contributed by atoms with E-state index in [1.165, 1.54) is 7.05 Å². The quantitative estimate of drug-likeness (QED) is 0.842. The Hall–Kier alpha value is -1.12. The van der Waals surface area contributed by atoms with Crippen LogP contribution in [-0.2, 0) is 10.0 Å². The second kappa shape index (κ2) is 5.71. The smallest absolute Gasteiger partial charge is 0.245 e. The summed E-state index contributed by atoms with van der Waals surface area (Å²) in [4.78, 5) is -0.897. The van der Waals surface area contributed by atoms with Crippen molar-refractivity contribution in [1.82, 2.24) is 4.31 Å². The molecule has 0 saturated carbocycles. The largest absolute Gasteiger partial charge is 0.330 e. The molecule has 0 radical (unpaired) electrons. The van der Waals surface area contributed by atoms with Gasteiger partial charge in [0.05, 0.1) is 0 Å². The maximum absolute atomic E-state index is 13.6. The Morgan fingerprint density at radius 2 is 1.65 bits per heavy atom. The molecule has 20 heavy (non-hydrogen) atoms. The fraction of sp³-hybridized carbons (Fsp3) is 0.500. The van der Waals surface area contributed by atoms with E-state index in [-0.39, 0.29) is 19.2 Å². The fourth-order valence-electron chi connectivity index (χ4n) is 1.62. The number of sulfonamides is 1. The van der Waals surface area contributed by atoms with Gasteiger partial charge in [0, 0.05) is 19.7 Å². The summed E-state index contributed by atoms with van der Waals surface area (Å²) >= 11 is 0. The van der Waals surface area contributed by atoms with Crippen molar-refractivity contribution in [3.05, 3.63) is 29.6 Å². The third-order valence-electron chi connectivity index (χ3n) is 2.87. The summed E-state index contributed by atoms with van der Waals surface area (Å²) in [6.45, 7) is 3.71. The number of nitrogens with two attached hydrogens (primary N) is 1. The third-order valence-corrected chi connectivity index (χ3v) is 4.68. The van der Waals surface area contributed by atoms with Crippen molar-refractivity contribution in [3.63, 3.8) is 0 Å². The second-order valence-corrected chi connectivity index (χ2v) is 7.34. The lowest BCUT2D eigenvalue weighted by Gasteiger charge is -2.28. The van der Waals surface area contributed by atoms with Crippen molar-refractivity contribution in [3.8, 4) is 0 Å². The van der Waals surface area contributed by atoms with Crippen LogP contribution in [0.1, 0.15) is 13.8 Å². The fourth-order valence-corrected chi connectivity index (χ4v) is 3.04. The molecule has 0 saturated heterocycles. The summed E-state index contributed by atoms with van der Waals surface area (Å²) in [5.41, 5.74) is 4.97. The number of benzene rings is 1. The molecule has 0 heterocycles. The Morgan fingerprint density at radius 3 is 2.15 bits per heavy atom. The maximum Gasteiger partial charge on any atom is 0.245 e. The molecule has 0 aromatic heterocycles. The molecular formula is C12H17F3N2O2S. The van der Waals surface area contributed by atoms with E-state index in [9.17, 15) is 21.6 Å². The Balaban J connectivity index is 3.21. The summed E-state index contributed by atoms with van der Waals surface area (Å²) in [5, 5.41) is 0. The highest BCUT2D eigenvalue weighted by Crippen LogP contribution is 2.24. The highest BCUT2D eigenvalue weighted by atomic mass is 32.2. The van der Waals surface area contributed by atoms with Crippen molar-refractivity contribution in [2.45, 2.75) is 18.7 Å². The average molecular weight is 310 g/mol. The zero-order valence-electron chi connectivity index (χ0n) is 11.5. The molecule has 0 aliphatic carbocycles. The van der Waals surface area contributed by atoms with Gasteiger partial charge in [-0.1, -0.05) is 13.8 Å². The van der Waals surface area contributed by atoms with Gasteiger partial charge in [-0.3, -0.25) is 0 Å². The first-order valence-corrected chi connectivity index (χ1v) is 7.26. The first kappa shape index (κ1) is 16.9. The van der Waals surface area contributed by atoms with Crippen LogP contribution in [0.4, 0.5) is 13.2 Å². The lowest BCUT2D eigenvalue weighted by atomic mass is 9.94. The normalized spacial score (nSPS) is 13.0. The molecule has 0 amide bonds. The third kappa shape index (κ3) is 3.50. The van der Waals surface area contributed by atoms with Crippen LogP contribution in [0.15, 0.2) is 17.0 Å². The van der Waals surface area contributed by atoms with E-state index in [0.29, 0.717) is 6.07 Å². The van der Waals surface area contributed by atoms with Gasteiger partial charge in [0.1, 0.15) is 10.7 Å². The van der Waals surface area contributed by atoms with Gasteiger partial charge in [-0.25, -0.2) is 25.9 Å². The molecular weight excluding hydrogens is 293 g/mol. The molecule has 2 N–H and O–H groups in total. The lowest BCUT2D eigenvalue weighted by Crippen LogP contribution is -2.40. The van der Waals surface area contributed by atoms with Crippen molar-refractivity contribution in [2.75, 3.05) is 20.1 Å². The van der Waals surface area contributed by atoms with Crippen molar-refractivity contribution < 1.29 is 21.6 Å². The van der Waals surface area contributed by atoms with Crippen molar-refractivity contribution >= 4 is 10.0 Å². The van der Waals surface area contributed by atoms with Crippen molar-refractivity contribution in [2.24, 2.45) is 11.1 Å². The SMILES string of the molecule is CN(CC(C)(C)CN)S(=O)(=O)c1cc(F)c(F)cc1F. The summed E-state index contributed by atoms with van der Waals surface area (Å²) in [6.07, 6.45) is 0. The predicted octanol–water partition coefficient (Wildman–Crippen LogP) is 1.71. The van der Waals surface area contributed by atoms with E-state index < -0.39 is 37.8 Å². The van der Waals surface area contributed by atoms with Gasteiger partial charge < -0.3 is 5.73 Å². The van der Waals surface area contributed by atoms with E-state index >= 15 is 0 Å². The minimum absolute atomic E-state index is 0.0181. The summed E-state index contributed by atoms with van der Waals surface area (Å²) < 4.78 is 64.7. The molecule has 0 bridgehead atoms. The van der Waals surface area contributed by atoms with Crippen LogP contribution < -0.4 is 5.73 Å². The van der Waals surface area contributed by atoms with Crippen LogP contribution in [0.3, 0.4) is 0 Å². The second-order valence-electron chi connectivity index (χ2n) is 5.33. The summed E-state index contributed by atoms with van der Waals surface area (Å²) in [7, 11) is -3.03. The van der Waals surface area contributed by atoms with Gasteiger partial charge in [0.2, 0.25) is 10.0 Å². The van der Waals surface area contributed by atoms with Crippen LogP contribution in [0.2, 0.25) is 0 Å². The summed E-state index contributed by atoms with van der Waals surface area (Å²) in [6, 6.07) is 0.552. The van der Waals surface area contributed by atoms with Crippen LogP contribution >= 0.6 is 0 Å². The maximum atomic E-state index is 13.6. The highest BCUT2D eigenvalue weighted by Gasteiger charge is 2.30. The van der Waals surface area contributed by atoms with E-state index in [0.717, 1.165) is 4.31 Å². The van der Waals surface area contributed by atoms with Gasteiger partial charge in [-0.15, -0.1) is 0 Å². The molecule has 1 aromatic rings. The van der Waals surface area contributed by atoms with Crippen LogP contribution in [0.25, 0.3) is 0 Å². The number of halogens is 3. The molecule has 0 fully saturated rings. The Labute approximate surface area is 116 Å². The first-order chi connectivity index (χ1) is 9.01. The van der Waals surface area contributed by atoms with Gasteiger partial charge in [0.15, 0.2) is 11.6 Å². The number of hydrogen-bond donors (Lipinski definition) is 1. The van der Waals surface area contributed by atoms with Crippen LogP contribution in [0.5, 0.6) is 0 Å². The molecule has 0 aliphatic heterocycles. The standard InChI is InChI=1S/C12H17F3N2O2S/c1-12(2,6-16)7-17(3)20(18,19)11-5-9(14)8(13)4-10(11)15/h4-5H,6-7,16H2,1-3H3. The molecule has 1 rings (SSSR count). The lowest BCUT2D eigenvalue weighted by molar-refractivity contribution is 0.291. The topological polar surface area (TPSA) is 63.4 Å². The molecule has 0 aliphatic rings. The zero-order chi connectivity index (χ0) is 15.7. The monoisotopic (exact) mass is 310 g/mol. The number of rotatable bonds is 5. The van der Waals surface area contributed by atoms with Crippen LogP contribution in [-0.4, -0.2) is 32.9 Å². The van der Waals surface area contributed by atoms with E-state index in [4.69, 9.17) is 5.73 Å². The average Bonchev–Trinajstić information content (AvgIpc) is 2.33. The molecule has 8 heteroatoms. The molecule has 4 nitrogen and oxygen atoms in total. The van der Waals surface area contributed by atoms with Gasteiger partial charge >= 0.3 is 0 Å². The predicted molar refractivity (Wildman–Crippen MR) is 69.0 cm³/mol. The minimum Gasteiger partial charge on any atom is -0.330 e. The Bertz CT molecular complexity index is 603. The van der Waals surface area contributed by atoms with Gasteiger partial charge in [-0.2, -0.15) is 0 Å². The molecule has 0 unspecified atom stereocenters. The van der Waals surface area contributed by atoms with Crippen LogP contribution in [0, 0.1) is 22.9 Å². The van der Waals surface area contributed by atoms with E-state index in [1.54, 1.807) is 13.8 Å². The zero-order valence-corrected chi connectivity index (χ0v) is 12.3. The van der Waals surface area contributed by atoms with Gasteiger partial charge in [0.25, 0.3) is 0 Å². The molecule has 114 valence electrons. The minimum atomic E-state index is -4.26. The first-order valence-electron chi connectivity index (χ1n) is 5.82. The molecule has 0 spiro atoms. The number of nitrogens with zero attached hydrogens (tertiary/aromatic N) is 1. The van der Waals surface area contributed by atoms with Crippen molar-refractivity contribution in [1.29, 1.82) is 0 Å². The highest BCUT2D eigenvalue weighted by molar-refractivity contribution is 7.89. The van der Waals surface area contributed by atoms with E-state index in [1.807, 2.05) is 0 Å². The number of hydrogen-bond acceptors (Lipinski definition) is 3. The van der Waals surface area contributed by atoms with Gasteiger partial charge in [-0.05, 0) is 18.0 Å². The van der Waals surface area contributed by atoms with E-state index in [2.05, 4.69) is 0 Å². The molecule has 1 aromatic carbocycles.